The summed E-state index contributed by atoms with van der Waals surface area (Å²) >= 11 is 0. The van der Waals surface area contributed by atoms with E-state index >= 15 is 0 Å². The van der Waals surface area contributed by atoms with E-state index in [0.29, 0.717) is 0 Å². The molecule has 0 aliphatic carbocycles. The lowest BCUT2D eigenvalue weighted by Gasteiger charge is -2.26. The van der Waals surface area contributed by atoms with Crippen molar-refractivity contribution >= 4 is 22.4 Å². The molecule has 0 unspecified atom stereocenters. The Bertz CT molecular complexity index is 579. The van der Waals surface area contributed by atoms with Crippen LogP contribution in [-0.2, 0) is 4.79 Å². The zero-order chi connectivity index (χ0) is 13.3. The van der Waals surface area contributed by atoms with Crippen LogP contribution in [0.1, 0.15) is 13.8 Å². The molecule has 0 saturated carbocycles. The van der Waals surface area contributed by atoms with Gasteiger partial charge in [0, 0.05) is 12.4 Å². The van der Waals surface area contributed by atoms with Crippen molar-refractivity contribution in [3.05, 3.63) is 42.5 Å². The Kier molecular flexibility index (Phi) is 3.09. The molecule has 0 heterocycles. The van der Waals surface area contributed by atoms with E-state index in [0.717, 1.165) is 16.5 Å². The number of hydrogen-bond acceptors (Lipinski definition) is 2. The highest BCUT2D eigenvalue weighted by Crippen LogP contribution is 2.26. The zero-order valence-electron chi connectivity index (χ0n) is 11.0. The lowest BCUT2D eigenvalue weighted by Crippen LogP contribution is -2.50. The third-order valence-corrected chi connectivity index (χ3v) is 2.98. The first kappa shape index (κ1) is 12.6. The minimum absolute atomic E-state index is 0.0983. The number of carbonyl (C=O) groups is 1. The fourth-order valence-corrected chi connectivity index (χ4v) is 2.04. The average Bonchev–Trinajstić information content (AvgIpc) is 2.35. The summed E-state index contributed by atoms with van der Waals surface area (Å²) in [5, 5.41) is 2.17. The fourth-order valence-electron chi connectivity index (χ4n) is 2.04. The number of rotatable bonds is 2. The van der Waals surface area contributed by atoms with Crippen molar-refractivity contribution in [1.29, 1.82) is 0 Å². The summed E-state index contributed by atoms with van der Waals surface area (Å²) in [6, 6.07) is 13.9. The monoisotopic (exact) mass is 242 g/mol. The highest BCUT2D eigenvalue weighted by molar-refractivity contribution is 6.06. The molecule has 0 aliphatic heterocycles. The number of carbonyl (C=O) groups excluding carboxylic acids is 1. The van der Waals surface area contributed by atoms with Crippen LogP contribution in [0.25, 0.3) is 10.8 Å². The molecule has 94 valence electrons. The summed E-state index contributed by atoms with van der Waals surface area (Å²) < 4.78 is 0. The van der Waals surface area contributed by atoms with Gasteiger partial charge in [-0.15, -0.1) is 0 Å². The Hall–Kier alpha value is -1.87. The van der Waals surface area contributed by atoms with Gasteiger partial charge in [0.25, 0.3) is 0 Å². The van der Waals surface area contributed by atoms with Crippen molar-refractivity contribution in [1.82, 2.24) is 0 Å². The first-order valence-electron chi connectivity index (χ1n) is 5.96. The highest BCUT2D eigenvalue weighted by Gasteiger charge is 2.26. The molecule has 3 heteroatoms. The molecule has 2 aromatic rings. The molecule has 0 bridgehead atoms. The molecule has 2 N–H and O–H groups in total. The molecule has 0 radical (unpaired) electrons. The van der Waals surface area contributed by atoms with E-state index in [-0.39, 0.29) is 5.91 Å². The summed E-state index contributed by atoms with van der Waals surface area (Å²) in [6.45, 7) is 3.44. The van der Waals surface area contributed by atoms with Crippen molar-refractivity contribution in [2.75, 3.05) is 11.9 Å². The van der Waals surface area contributed by atoms with Crippen LogP contribution in [0.4, 0.5) is 5.69 Å². The fraction of sp³-hybridized carbons (Fsp3) is 0.267. The Morgan fingerprint density at radius 1 is 1.11 bits per heavy atom. The Labute approximate surface area is 107 Å². The second kappa shape index (κ2) is 4.42. The van der Waals surface area contributed by atoms with Gasteiger partial charge in [-0.1, -0.05) is 36.4 Å². The molecule has 0 fully saturated rings. The second-order valence-electron chi connectivity index (χ2n) is 5.08. The van der Waals surface area contributed by atoms with Gasteiger partial charge in [0.15, 0.2) is 0 Å². The summed E-state index contributed by atoms with van der Waals surface area (Å²) in [4.78, 5) is 13.8. The molecule has 18 heavy (non-hydrogen) atoms. The Morgan fingerprint density at radius 3 is 2.39 bits per heavy atom. The van der Waals surface area contributed by atoms with Gasteiger partial charge in [0.2, 0.25) is 5.91 Å². The third kappa shape index (κ3) is 2.22. The summed E-state index contributed by atoms with van der Waals surface area (Å²) in [6.07, 6.45) is 0. The number of benzene rings is 2. The molecule has 2 rings (SSSR count). The SMILES string of the molecule is CN(C(=O)C(C)(C)N)c1cccc2ccccc12. The Morgan fingerprint density at radius 2 is 1.72 bits per heavy atom. The van der Waals surface area contributed by atoms with Gasteiger partial charge in [-0.25, -0.2) is 0 Å². The molecule has 0 spiro atoms. The third-order valence-electron chi connectivity index (χ3n) is 2.98. The number of nitrogens with zero attached hydrogens (tertiary/aromatic N) is 1. The molecule has 0 aliphatic rings. The van der Waals surface area contributed by atoms with Gasteiger partial charge in [-0.2, -0.15) is 0 Å². The number of anilines is 1. The number of hydrogen-bond donors (Lipinski definition) is 1. The molecular formula is C15H18N2O. The van der Waals surface area contributed by atoms with Gasteiger partial charge in [-0.3, -0.25) is 4.79 Å². The second-order valence-corrected chi connectivity index (χ2v) is 5.08. The van der Waals surface area contributed by atoms with Crippen LogP contribution in [0.15, 0.2) is 42.5 Å². The predicted octanol–water partition coefficient (Wildman–Crippen LogP) is 2.54. The van der Waals surface area contributed by atoms with Gasteiger partial charge < -0.3 is 10.6 Å². The first-order chi connectivity index (χ1) is 8.41. The lowest BCUT2D eigenvalue weighted by molar-refractivity contribution is -0.122. The maximum Gasteiger partial charge on any atom is 0.246 e. The summed E-state index contributed by atoms with van der Waals surface area (Å²) in [7, 11) is 1.76. The van der Waals surface area contributed by atoms with Gasteiger partial charge in [0.1, 0.15) is 0 Å². The van der Waals surface area contributed by atoms with Crippen molar-refractivity contribution in [3.63, 3.8) is 0 Å². The topological polar surface area (TPSA) is 46.3 Å². The van der Waals surface area contributed by atoms with Crippen LogP contribution in [0.3, 0.4) is 0 Å². The average molecular weight is 242 g/mol. The van der Waals surface area contributed by atoms with Crippen LogP contribution in [0, 0.1) is 0 Å². The quantitative estimate of drug-likeness (QED) is 0.879. The molecule has 3 nitrogen and oxygen atoms in total. The van der Waals surface area contributed by atoms with Crippen molar-refractivity contribution in [3.8, 4) is 0 Å². The maximum absolute atomic E-state index is 12.2. The van der Waals surface area contributed by atoms with Crippen LogP contribution < -0.4 is 10.6 Å². The first-order valence-corrected chi connectivity index (χ1v) is 5.96. The molecule has 0 atom stereocenters. The molecule has 2 aromatic carbocycles. The highest BCUT2D eigenvalue weighted by atomic mass is 16.2. The van der Waals surface area contributed by atoms with Crippen molar-refractivity contribution in [2.24, 2.45) is 5.73 Å². The molecule has 1 amide bonds. The van der Waals surface area contributed by atoms with Crippen LogP contribution in [0.2, 0.25) is 0 Å². The van der Waals surface area contributed by atoms with Crippen LogP contribution in [-0.4, -0.2) is 18.5 Å². The van der Waals surface area contributed by atoms with E-state index in [1.54, 1.807) is 25.8 Å². The van der Waals surface area contributed by atoms with Crippen molar-refractivity contribution in [2.45, 2.75) is 19.4 Å². The van der Waals surface area contributed by atoms with E-state index in [1.165, 1.54) is 0 Å². The molecule has 0 saturated heterocycles. The minimum Gasteiger partial charge on any atom is -0.318 e. The van der Waals surface area contributed by atoms with Gasteiger partial charge in [0.05, 0.1) is 11.2 Å². The standard InChI is InChI=1S/C15H18N2O/c1-15(2,16)14(18)17(3)13-10-6-8-11-7-4-5-9-12(11)13/h4-10H,16H2,1-3H3. The Balaban J connectivity index is 2.52. The lowest BCUT2D eigenvalue weighted by atomic mass is 10.0. The zero-order valence-corrected chi connectivity index (χ0v) is 11.0. The van der Waals surface area contributed by atoms with Crippen molar-refractivity contribution < 1.29 is 4.79 Å². The maximum atomic E-state index is 12.2. The minimum atomic E-state index is -0.869. The molecular weight excluding hydrogens is 224 g/mol. The van der Waals surface area contributed by atoms with E-state index in [9.17, 15) is 4.79 Å². The summed E-state index contributed by atoms with van der Waals surface area (Å²) in [5.74, 6) is -0.0983. The largest absolute Gasteiger partial charge is 0.318 e. The van der Waals surface area contributed by atoms with E-state index in [1.807, 2.05) is 42.5 Å². The van der Waals surface area contributed by atoms with E-state index in [4.69, 9.17) is 5.73 Å². The number of nitrogens with two attached hydrogens (primary N) is 1. The number of amides is 1. The normalized spacial score (nSPS) is 11.6. The van der Waals surface area contributed by atoms with Crippen LogP contribution in [0.5, 0.6) is 0 Å². The predicted molar refractivity (Wildman–Crippen MR) is 75.6 cm³/mol. The number of fused-ring (bicyclic) bond motifs is 1. The molecule has 0 aromatic heterocycles. The smallest absolute Gasteiger partial charge is 0.246 e. The summed E-state index contributed by atoms with van der Waals surface area (Å²) in [5.41, 5.74) is 5.89. The number of likely N-dealkylation sites (N-methyl/N-ethyl adjacent to an activating group) is 1. The van der Waals surface area contributed by atoms with Gasteiger partial charge in [-0.05, 0) is 25.3 Å². The van der Waals surface area contributed by atoms with Crippen LogP contribution >= 0.6 is 0 Å². The van der Waals surface area contributed by atoms with E-state index < -0.39 is 5.54 Å². The van der Waals surface area contributed by atoms with E-state index in [2.05, 4.69) is 0 Å². The van der Waals surface area contributed by atoms with Gasteiger partial charge >= 0.3 is 0 Å².